The molecule has 1 saturated heterocycles. The highest BCUT2D eigenvalue weighted by atomic mass is 32.2. The fourth-order valence-electron chi connectivity index (χ4n) is 2.63. The zero-order chi connectivity index (χ0) is 17.3. The van der Waals surface area contributed by atoms with Crippen LogP contribution in [0.2, 0.25) is 0 Å². The van der Waals surface area contributed by atoms with Gasteiger partial charge < -0.3 is 15.7 Å². The van der Waals surface area contributed by atoms with Gasteiger partial charge in [-0.3, -0.25) is 0 Å². The molecule has 0 aromatic heterocycles. The van der Waals surface area contributed by atoms with E-state index in [0.717, 1.165) is 5.56 Å². The summed E-state index contributed by atoms with van der Waals surface area (Å²) in [6.45, 7) is 2.72. The molecule has 124 valence electrons. The first-order valence-corrected chi connectivity index (χ1v) is 8.35. The van der Waals surface area contributed by atoms with Gasteiger partial charge in [0.15, 0.2) is 15.6 Å². The maximum absolute atomic E-state index is 12.9. The van der Waals surface area contributed by atoms with Gasteiger partial charge >= 0.3 is 6.03 Å². The highest BCUT2D eigenvalue weighted by Gasteiger charge is 2.51. The van der Waals surface area contributed by atoms with E-state index in [-0.39, 0.29) is 11.4 Å². The van der Waals surface area contributed by atoms with Crippen LogP contribution in [0, 0.1) is 6.92 Å². The summed E-state index contributed by atoms with van der Waals surface area (Å²) < 4.78 is 25.8. The van der Waals surface area contributed by atoms with Gasteiger partial charge in [-0.25, -0.2) is 13.2 Å². The first kappa shape index (κ1) is 17.1. The molecular formula is C13H17N5O4S. The lowest BCUT2D eigenvalue weighted by molar-refractivity contribution is 0.0103. The number of sulfone groups is 1. The predicted octanol–water partition coefficient (Wildman–Crippen LogP) is 0.838. The Morgan fingerprint density at radius 3 is 2.57 bits per heavy atom. The van der Waals surface area contributed by atoms with Crippen LogP contribution in [0.1, 0.15) is 12.5 Å². The Hall–Kier alpha value is -2.29. The Labute approximate surface area is 133 Å². The fraction of sp³-hybridized carbons (Fsp3) is 0.462. The van der Waals surface area contributed by atoms with Crippen LogP contribution in [0.5, 0.6) is 0 Å². The van der Waals surface area contributed by atoms with Gasteiger partial charge in [0.2, 0.25) is 0 Å². The van der Waals surface area contributed by atoms with Crippen molar-refractivity contribution < 1.29 is 18.3 Å². The molecule has 1 heterocycles. The third kappa shape index (κ3) is 3.39. The molecule has 1 fully saturated rings. The number of urea groups is 1. The standard InChI is InChI=1S/C13H17N5O4S/c1-8-3-5-9(6-4-8)23(21,22)11-10(7-15-18-14)16-12(19)17-13(11,2)20/h3-6,10-11,20H,7H2,1-2H3,(H2,16,17,19). The Bertz CT molecular complexity index is 751. The molecule has 1 aromatic rings. The monoisotopic (exact) mass is 339 g/mol. The van der Waals surface area contributed by atoms with E-state index < -0.39 is 32.9 Å². The molecule has 3 unspecified atom stereocenters. The summed E-state index contributed by atoms with van der Waals surface area (Å²) in [5.74, 6) is 0. The Morgan fingerprint density at radius 1 is 1.39 bits per heavy atom. The number of carbonyl (C=O) groups excluding carboxylic acids is 1. The van der Waals surface area contributed by atoms with Gasteiger partial charge in [0.1, 0.15) is 5.25 Å². The zero-order valence-corrected chi connectivity index (χ0v) is 13.4. The number of nitrogens with one attached hydrogen (secondary N) is 2. The summed E-state index contributed by atoms with van der Waals surface area (Å²) in [5.41, 5.74) is 7.32. The molecule has 0 spiro atoms. The first-order chi connectivity index (χ1) is 10.7. The van der Waals surface area contributed by atoms with Crippen LogP contribution in [-0.4, -0.2) is 43.1 Å². The molecule has 3 atom stereocenters. The van der Waals surface area contributed by atoms with Crippen molar-refractivity contribution in [3.8, 4) is 0 Å². The molecule has 1 aliphatic heterocycles. The Morgan fingerprint density at radius 2 is 2.00 bits per heavy atom. The molecule has 0 radical (unpaired) electrons. The number of nitrogens with zero attached hydrogens (tertiary/aromatic N) is 3. The van der Waals surface area contributed by atoms with E-state index in [2.05, 4.69) is 20.7 Å². The van der Waals surface area contributed by atoms with Gasteiger partial charge in [-0.1, -0.05) is 22.8 Å². The second-order valence-electron chi connectivity index (χ2n) is 5.54. The lowest BCUT2D eigenvalue weighted by Gasteiger charge is -2.42. The molecule has 1 aromatic carbocycles. The van der Waals surface area contributed by atoms with Crippen molar-refractivity contribution in [2.24, 2.45) is 5.11 Å². The molecule has 3 N–H and O–H groups in total. The molecule has 1 aliphatic rings. The van der Waals surface area contributed by atoms with Crippen molar-refractivity contribution in [3.63, 3.8) is 0 Å². The van der Waals surface area contributed by atoms with Gasteiger partial charge in [0.05, 0.1) is 10.9 Å². The van der Waals surface area contributed by atoms with Crippen LogP contribution >= 0.6 is 0 Å². The van der Waals surface area contributed by atoms with E-state index >= 15 is 0 Å². The predicted molar refractivity (Wildman–Crippen MR) is 82.2 cm³/mol. The second-order valence-corrected chi connectivity index (χ2v) is 7.61. The van der Waals surface area contributed by atoms with Crippen molar-refractivity contribution in [1.82, 2.24) is 10.6 Å². The molecular weight excluding hydrogens is 322 g/mol. The van der Waals surface area contributed by atoms with Crippen molar-refractivity contribution in [2.75, 3.05) is 6.54 Å². The average Bonchev–Trinajstić information content (AvgIpc) is 2.43. The average molecular weight is 339 g/mol. The van der Waals surface area contributed by atoms with Gasteiger partial charge in [-0.2, -0.15) is 0 Å². The number of benzene rings is 1. The molecule has 0 bridgehead atoms. The van der Waals surface area contributed by atoms with Gasteiger partial charge in [-0.05, 0) is 31.5 Å². The number of azide groups is 1. The maximum atomic E-state index is 12.9. The molecule has 2 amide bonds. The molecule has 2 rings (SSSR count). The van der Waals surface area contributed by atoms with Crippen molar-refractivity contribution >= 4 is 15.9 Å². The molecule has 0 aliphatic carbocycles. The van der Waals surface area contributed by atoms with Crippen LogP contribution in [0.15, 0.2) is 34.3 Å². The number of aryl methyl sites for hydroxylation is 1. The van der Waals surface area contributed by atoms with Crippen LogP contribution in [0.4, 0.5) is 4.79 Å². The van der Waals surface area contributed by atoms with Gasteiger partial charge in [-0.15, -0.1) is 0 Å². The summed E-state index contributed by atoms with van der Waals surface area (Å²) >= 11 is 0. The topological polar surface area (TPSA) is 144 Å². The summed E-state index contributed by atoms with van der Waals surface area (Å²) in [4.78, 5) is 14.2. The van der Waals surface area contributed by atoms with Crippen LogP contribution < -0.4 is 10.6 Å². The molecule has 10 heteroatoms. The largest absolute Gasteiger partial charge is 0.370 e. The lowest BCUT2D eigenvalue weighted by Crippen LogP contribution is -2.72. The quantitative estimate of drug-likeness (QED) is 0.424. The normalized spacial score (nSPS) is 27.5. The van der Waals surface area contributed by atoms with Gasteiger partial charge in [0, 0.05) is 11.5 Å². The molecule has 9 nitrogen and oxygen atoms in total. The molecule has 0 saturated carbocycles. The van der Waals surface area contributed by atoms with Gasteiger partial charge in [0.25, 0.3) is 0 Å². The smallest absolute Gasteiger partial charge is 0.317 e. The number of hydrogen-bond acceptors (Lipinski definition) is 5. The maximum Gasteiger partial charge on any atom is 0.317 e. The number of aliphatic hydroxyl groups is 1. The third-order valence-electron chi connectivity index (χ3n) is 3.63. The van der Waals surface area contributed by atoms with E-state index in [9.17, 15) is 18.3 Å². The second kappa shape index (κ2) is 6.07. The Balaban J connectivity index is 2.51. The molecule has 23 heavy (non-hydrogen) atoms. The van der Waals surface area contributed by atoms with Crippen LogP contribution in [0.3, 0.4) is 0 Å². The van der Waals surface area contributed by atoms with Crippen LogP contribution in [0.25, 0.3) is 10.4 Å². The van der Waals surface area contributed by atoms with E-state index in [4.69, 9.17) is 5.53 Å². The fourth-order valence-corrected chi connectivity index (χ4v) is 4.69. The number of amides is 2. The third-order valence-corrected chi connectivity index (χ3v) is 6.01. The summed E-state index contributed by atoms with van der Waals surface area (Å²) in [7, 11) is -4.00. The Kier molecular flexibility index (Phi) is 4.51. The van der Waals surface area contributed by atoms with Crippen molar-refractivity contribution in [1.29, 1.82) is 0 Å². The zero-order valence-electron chi connectivity index (χ0n) is 12.6. The highest BCUT2D eigenvalue weighted by Crippen LogP contribution is 2.28. The van der Waals surface area contributed by atoms with Crippen LogP contribution in [-0.2, 0) is 9.84 Å². The number of carbonyl (C=O) groups is 1. The summed E-state index contributed by atoms with van der Waals surface area (Å²) in [6.07, 6.45) is 0. The minimum absolute atomic E-state index is 0.0114. The number of hydrogen-bond donors (Lipinski definition) is 3. The first-order valence-electron chi connectivity index (χ1n) is 6.81. The highest BCUT2D eigenvalue weighted by molar-refractivity contribution is 7.92. The number of rotatable bonds is 4. The van der Waals surface area contributed by atoms with E-state index in [0.29, 0.717) is 0 Å². The van der Waals surface area contributed by atoms with E-state index in [1.54, 1.807) is 12.1 Å². The van der Waals surface area contributed by atoms with E-state index in [1.807, 2.05) is 6.92 Å². The minimum Gasteiger partial charge on any atom is -0.370 e. The van der Waals surface area contributed by atoms with Crippen molar-refractivity contribution in [2.45, 2.75) is 35.8 Å². The minimum atomic E-state index is -4.00. The SMILES string of the molecule is Cc1ccc(S(=O)(=O)C2C(CN=[N+]=[N-])NC(=O)NC2(C)O)cc1. The summed E-state index contributed by atoms with van der Waals surface area (Å²) in [5, 5.41) is 16.9. The van der Waals surface area contributed by atoms with E-state index in [1.165, 1.54) is 19.1 Å². The van der Waals surface area contributed by atoms with Crippen molar-refractivity contribution in [3.05, 3.63) is 40.3 Å². The summed E-state index contributed by atoms with van der Waals surface area (Å²) in [6, 6.07) is 4.35. The lowest BCUT2D eigenvalue weighted by atomic mass is 10.0.